The Labute approximate surface area is 146 Å². The van der Waals surface area contributed by atoms with Crippen molar-refractivity contribution >= 4 is 11.8 Å². The zero-order valence-electron chi connectivity index (χ0n) is 14.6. The minimum atomic E-state index is -0.990. The number of aromatic nitrogens is 2. The van der Waals surface area contributed by atoms with Crippen molar-refractivity contribution in [1.29, 1.82) is 0 Å². The van der Waals surface area contributed by atoms with Crippen LogP contribution in [0.2, 0.25) is 0 Å². The lowest BCUT2D eigenvalue weighted by molar-refractivity contribution is -0.262. The molecule has 2 aliphatic heterocycles. The van der Waals surface area contributed by atoms with Crippen molar-refractivity contribution in [2.75, 3.05) is 53.1 Å². The molecule has 9 nitrogen and oxygen atoms in total. The highest BCUT2D eigenvalue weighted by atomic mass is 16.7. The van der Waals surface area contributed by atoms with E-state index in [1.165, 1.54) is 7.11 Å². The SMILES string of the molecule is COCC(=O)N1CCOC2(C1)CN(C(=O)c1cnn(C)c1)CCCO2. The summed E-state index contributed by atoms with van der Waals surface area (Å²) in [5.41, 5.74) is 0.530. The summed E-state index contributed by atoms with van der Waals surface area (Å²) < 4.78 is 18.4. The number of methoxy groups -OCH3 is 1. The molecule has 3 heterocycles. The molecule has 1 aromatic heterocycles. The fourth-order valence-corrected chi connectivity index (χ4v) is 3.18. The van der Waals surface area contributed by atoms with Crippen molar-refractivity contribution in [3.05, 3.63) is 18.0 Å². The fraction of sp³-hybridized carbons (Fsp3) is 0.688. The van der Waals surface area contributed by atoms with Crippen LogP contribution in [0.15, 0.2) is 12.4 Å². The smallest absolute Gasteiger partial charge is 0.257 e. The summed E-state index contributed by atoms with van der Waals surface area (Å²) in [7, 11) is 3.26. The highest BCUT2D eigenvalue weighted by Crippen LogP contribution is 2.25. The third-order valence-corrected chi connectivity index (χ3v) is 4.39. The molecule has 0 radical (unpaired) electrons. The number of ether oxygens (including phenoxy) is 3. The van der Waals surface area contributed by atoms with Gasteiger partial charge in [0.05, 0.1) is 38.1 Å². The molecule has 1 unspecified atom stereocenters. The Balaban J connectivity index is 1.74. The largest absolute Gasteiger partial charge is 0.375 e. The Morgan fingerprint density at radius 1 is 1.24 bits per heavy atom. The van der Waals surface area contributed by atoms with Crippen LogP contribution in [0.3, 0.4) is 0 Å². The number of morpholine rings is 1. The Morgan fingerprint density at radius 3 is 2.72 bits per heavy atom. The first kappa shape index (κ1) is 17.8. The first-order valence-corrected chi connectivity index (χ1v) is 8.35. The van der Waals surface area contributed by atoms with Gasteiger partial charge in [0.2, 0.25) is 11.7 Å². The van der Waals surface area contributed by atoms with Crippen LogP contribution >= 0.6 is 0 Å². The summed E-state index contributed by atoms with van der Waals surface area (Å²) in [6.45, 7) is 2.49. The van der Waals surface area contributed by atoms with E-state index in [9.17, 15) is 9.59 Å². The number of hydrogen-bond donors (Lipinski definition) is 0. The van der Waals surface area contributed by atoms with Crippen LogP contribution in [0, 0.1) is 0 Å². The number of rotatable bonds is 3. The number of nitrogens with zero attached hydrogens (tertiary/aromatic N) is 4. The van der Waals surface area contributed by atoms with E-state index < -0.39 is 5.79 Å². The Kier molecular flexibility index (Phi) is 5.36. The summed E-state index contributed by atoms with van der Waals surface area (Å²) in [6, 6.07) is 0. The van der Waals surface area contributed by atoms with Gasteiger partial charge in [-0.3, -0.25) is 14.3 Å². The number of amides is 2. The van der Waals surface area contributed by atoms with Crippen molar-refractivity contribution in [3.63, 3.8) is 0 Å². The van der Waals surface area contributed by atoms with Crippen molar-refractivity contribution in [1.82, 2.24) is 19.6 Å². The Morgan fingerprint density at radius 2 is 2.00 bits per heavy atom. The number of carbonyl (C=O) groups is 2. The predicted molar refractivity (Wildman–Crippen MR) is 86.8 cm³/mol. The Hall–Kier alpha value is -1.97. The zero-order chi connectivity index (χ0) is 17.9. The van der Waals surface area contributed by atoms with Gasteiger partial charge in [-0.15, -0.1) is 0 Å². The highest BCUT2D eigenvalue weighted by Gasteiger charge is 2.43. The molecule has 0 saturated carbocycles. The maximum atomic E-state index is 12.8. The molecule has 1 aromatic rings. The summed E-state index contributed by atoms with van der Waals surface area (Å²) in [6.07, 6.45) is 3.96. The van der Waals surface area contributed by atoms with E-state index in [0.29, 0.717) is 38.3 Å². The molecule has 0 N–H and O–H groups in total. The summed E-state index contributed by atoms with van der Waals surface area (Å²) >= 11 is 0. The van der Waals surface area contributed by atoms with Gasteiger partial charge in [-0.05, 0) is 6.42 Å². The van der Waals surface area contributed by atoms with E-state index >= 15 is 0 Å². The van der Waals surface area contributed by atoms with Crippen LogP contribution in [0.25, 0.3) is 0 Å². The van der Waals surface area contributed by atoms with Crippen molar-refractivity contribution < 1.29 is 23.8 Å². The molecule has 0 aliphatic carbocycles. The van der Waals surface area contributed by atoms with Crippen LogP contribution in [-0.4, -0.2) is 90.3 Å². The first-order chi connectivity index (χ1) is 12.0. The van der Waals surface area contributed by atoms with Gasteiger partial charge < -0.3 is 24.0 Å². The number of aryl methyl sites for hydroxylation is 1. The van der Waals surface area contributed by atoms with Crippen molar-refractivity contribution in [3.8, 4) is 0 Å². The molecular formula is C16H24N4O5. The van der Waals surface area contributed by atoms with E-state index in [1.807, 2.05) is 0 Å². The molecule has 0 bridgehead atoms. The van der Waals surface area contributed by atoms with Gasteiger partial charge in [0.1, 0.15) is 6.61 Å². The van der Waals surface area contributed by atoms with Crippen molar-refractivity contribution in [2.24, 2.45) is 7.05 Å². The third kappa shape index (κ3) is 4.00. The molecule has 25 heavy (non-hydrogen) atoms. The minimum Gasteiger partial charge on any atom is -0.375 e. The van der Waals surface area contributed by atoms with Gasteiger partial charge in [-0.2, -0.15) is 5.10 Å². The van der Waals surface area contributed by atoms with E-state index in [4.69, 9.17) is 14.2 Å². The average Bonchev–Trinajstić information content (AvgIpc) is 2.93. The standard InChI is InChI=1S/C16H24N4O5/c1-18-9-13(8-17-18)15(22)20-4-3-6-24-16(12-20)11-19(5-7-25-16)14(21)10-23-2/h8-9H,3-7,10-12H2,1-2H3. The molecule has 9 heteroatoms. The van der Waals surface area contributed by atoms with Crippen LogP contribution in [0.5, 0.6) is 0 Å². The minimum absolute atomic E-state index is 0.0222. The molecule has 3 rings (SSSR count). The molecule has 138 valence electrons. The fourth-order valence-electron chi connectivity index (χ4n) is 3.18. The van der Waals surface area contributed by atoms with E-state index in [1.54, 1.807) is 33.9 Å². The second-order valence-corrected chi connectivity index (χ2v) is 6.34. The van der Waals surface area contributed by atoms with E-state index in [2.05, 4.69) is 5.10 Å². The van der Waals surface area contributed by atoms with Crippen LogP contribution in [0.1, 0.15) is 16.8 Å². The molecular weight excluding hydrogens is 328 g/mol. The first-order valence-electron chi connectivity index (χ1n) is 8.35. The van der Waals surface area contributed by atoms with Crippen molar-refractivity contribution in [2.45, 2.75) is 12.2 Å². The second kappa shape index (κ2) is 7.51. The van der Waals surface area contributed by atoms with Crippen LogP contribution < -0.4 is 0 Å². The lowest BCUT2D eigenvalue weighted by atomic mass is 10.1. The quantitative estimate of drug-likeness (QED) is 0.728. The lowest BCUT2D eigenvalue weighted by Gasteiger charge is -2.43. The van der Waals surface area contributed by atoms with Gasteiger partial charge in [-0.25, -0.2) is 0 Å². The maximum Gasteiger partial charge on any atom is 0.257 e. The molecule has 2 saturated heterocycles. The van der Waals surface area contributed by atoms with Gasteiger partial charge >= 0.3 is 0 Å². The van der Waals surface area contributed by atoms with Crippen LogP contribution in [0.4, 0.5) is 0 Å². The molecule has 1 spiro atoms. The molecule has 0 aromatic carbocycles. The van der Waals surface area contributed by atoms with E-state index in [0.717, 1.165) is 0 Å². The topological polar surface area (TPSA) is 86.1 Å². The average molecular weight is 352 g/mol. The Bertz CT molecular complexity index is 634. The molecule has 2 fully saturated rings. The number of carbonyl (C=O) groups excluding carboxylic acids is 2. The highest BCUT2D eigenvalue weighted by molar-refractivity contribution is 5.93. The number of hydrogen-bond acceptors (Lipinski definition) is 6. The second-order valence-electron chi connectivity index (χ2n) is 6.34. The predicted octanol–water partition coefficient (Wildman–Crippen LogP) is -0.516. The van der Waals surface area contributed by atoms with Gasteiger partial charge in [0.15, 0.2) is 0 Å². The van der Waals surface area contributed by atoms with Gasteiger partial charge in [-0.1, -0.05) is 0 Å². The normalized spacial score (nSPS) is 24.4. The zero-order valence-corrected chi connectivity index (χ0v) is 14.6. The summed E-state index contributed by atoms with van der Waals surface area (Å²) in [5, 5.41) is 4.06. The molecule has 1 atom stereocenters. The molecule has 2 aliphatic rings. The van der Waals surface area contributed by atoms with Gasteiger partial charge in [0.25, 0.3) is 5.91 Å². The van der Waals surface area contributed by atoms with Gasteiger partial charge in [0, 0.05) is 33.4 Å². The summed E-state index contributed by atoms with van der Waals surface area (Å²) in [5.74, 6) is -1.21. The lowest BCUT2D eigenvalue weighted by Crippen LogP contribution is -2.60. The maximum absolute atomic E-state index is 12.8. The monoisotopic (exact) mass is 352 g/mol. The summed E-state index contributed by atoms with van der Waals surface area (Å²) in [4.78, 5) is 28.3. The van der Waals surface area contributed by atoms with Crippen LogP contribution in [-0.2, 0) is 26.1 Å². The third-order valence-electron chi connectivity index (χ3n) is 4.39. The van der Waals surface area contributed by atoms with E-state index in [-0.39, 0.29) is 31.5 Å². The molecule has 2 amide bonds.